The summed E-state index contributed by atoms with van der Waals surface area (Å²) in [6, 6.07) is 11.7. The molecule has 2 aliphatic heterocycles. The molecule has 0 bridgehead atoms. The van der Waals surface area contributed by atoms with Crippen LogP contribution in [-0.4, -0.2) is 52.4 Å². The average Bonchev–Trinajstić information content (AvgIpc) is 3.20. The molecule has 1 unspecified atom stereocenters. The van der Waals surface area contributed by atoms with E-state index in [0.29, 0.717) is 42.7 Å². The molecule has 174 valence electrons. The van der Waals surface area contributed by atoms with Crippen LogP contribution in [0.2, 0.25) is 0 Å². The summed E-state index contributed by atoms with van der Waals surface area (Å²) in [5, 5.41) is 2.62. The summed E-state index contributed by atoms with van der Waals surface area (Å²) in [5.74, 6) is -0.711. The van der Waals surface area contributed by atoms with E-state index >= 15 is 0 Å². The van der Waals surface area contributed by atoms with Crippen LogP contribution >= 0.6 is 0 Å². The zero-order valence-electron chi connectivity index (χ0n) is 17.9. The highest BCUT2D eigenvalue weighted by atomic mass is 19.1. The van der Waals surface area contributed by atoms with Gasteiger partial charge in [-0.1, -0.05) is 30.3 Å². The van der Waals surface area contributed by atoms with Crippen molar-refractivity contribution in [3.8, 4) is 0 Å². The summed E-state index contributed by atoms with van der Waals surface area (Å²) in [7, 11) is 0. The van der Waals surface area contributed by atoms with E-state index in [1.54, 1.807) is 10.6 Å². The Kier molecular flexibility index (Phi) is 5.80. The van der Waals surface area contributed by atoms with Gasteiger partial charge < -0.3 is 14.6 Å². The van der Waals surface area contributed by atoms with Gasteiger partial charge in [0.2, 0.25) is 0 Å². The second-order valence-electron chi connectivity index (χ2n) is 8.61. The second kappa shape index (κ2) is 8.90. The molecule has 0 radical (unpaired) electrons. The fourth-order valence-corrected chi connectivity index (χ4v) is 4.82. The van der Waals surface area contributed by atoms with Gasteiger partial charge in [0, 0.05) is 45.2 Å². The van der Waals surface area contributed by atoms with E-state index < -0.39 is 24.1 Å². The van der Waals surface area contributed by atoms with E-state index in [1.807, 2.05) is 35.2 Å². The smallest absolute Gasteiger partial charge is 0.407 e. The predicted octanol–water partition coefficient (Wildman–Crippen LogP) is 3.22. The Balaban J connectivity index is 0.00000274. The van der Waals surface area contributed by atoms with Crippen molar-refractivity contribution >= 4 is 17.1 Å². The van der Waals surface area contributed by atoms with E-state index in [0.717, 1.165) is 5.56 Å². The van der Waals surface area contributed by atoms with Crippen LogP contribution in [0.15, 0.2) is 53.5 Å². The van der Waals surface area contributed by atoms with Crippen molar-refractivity contribution in [2.75, 3.05) is 19.6 Å². The minimum atomic E-state index is -1.28. The van der Waals surface area contributed by atoms with Crippen molar-refractivity contribution in [3.63, 3.8) is 0 Å². The molecule has 7 nitrogen and oxygen atoms in total. The SMILES string of the molecule is O=C(N[C@@H]1CCN(CC2Cn3c(=O)ccc4ncc(F)c2c43)C[C@@H]1F)OCc1ccccc1.[HH]. The Morgan fingerprint density at radius 1 is 1.21 bits per heavy atom. The van der Waals surface area contributed by atoms with Crippen LogP contribution in [0.25, 0.3) is 11.0 Å². The predicted molar refractivity (Wildman–Crippen MR) is 120 cm³/mol. The average molecular weight is 456 g/mol. The number of rotatable bonds is 5. The van der Waals surface area contributed by atoms with Gasteiger partial charge in [-0.15, -0.1) is 0 Å². The van der Waals surface area contributed by atoms with Crippen molar-refractivity contribution in [2.24, 2.45) is 0 Å². The molecule has 3 aromatic rings. The number of alkyl carbamates (subject to hydrolysis) is 1. The minimum absolute atomic E-state index is 0. The summed E-state index contributed by atoms with van der Waals surface area (Å²) in [5.41, 5.74) is 2.24. The Hall–Kier alpha value is -3.33. The standard InChI is InChI=1S/C24H24F2N4O3.H2/c25-17-10-27-20-6-7-21(31)30-12-16(22(17)23(20)30)11-29-9-8-19(18(26)13-29)28-24(32)33-14-15-4-2-1-3-5-15;/h1-7,10,16,18-19H,8-9,11-14H2,(H,28,32);1H/t16?,18-,19+;/m0./s1. The van der Waals surface area contributed by atoms with Crippen LogP contribution in [0, 0.1) is 5.82 Å². The van der Waals surface area contributed by atoms with Crippen LogP contribution in [0.3, 0.4) is 0 Å². The molecule has 1 saturated heterocycles. The normalized spacial score (nSPS) is 22.4. The number of carbonyl (C=O) groups is 1. The van der Waals surface area contributed by atoms with E-state index in [2.05, 4.69) is 10.3 Å². The molecular formula is C24H26F2N4O3. The van der Waals surface area contributed by atoms with Gasteiger partial charge in [-0.3, -0.25) is 14.7 Å². The van der Waals surface area contributed by atoms with Gasteiger partial charge in [0.1, 0.15) is 18.6 Å². The van der Waals surface area contributed by atoms with Crippen molar-refractivity contribution in [2.45, 2.75) is 37.7 Å². The quantitative estimate of drug-likeness (QED) is 0.638. The maximum atomic E-state index is 14.9. The number of halogens is 2. The van der Waals surface area contributed by atoms with E-state index in [-0.39, 0.29) is 26.1 Å². The lowest BCUT2D eigenvalue weighted by molar-refractivity contribution is 0.0845. The lowest BCUT2D eigenvalue weighted by atomic mass is 9.97. The molecule has 33 heavy (non-hydrogen) atoms. The number of nitrogens with zero attached hydrogens (tertiary/aromatic N) is 3. The monoisotopic (exact) mass is 456 g/mol. The summed E-state index contributed by atoms with van der Waals surface area (Å²) in [6.07, 6.45) is -0.334. The van der Waals surface area contributed by atoms with Gasteiger partial charge in [0.25, 0.3) is 5.56 Å². The Labute approximate surface area is 190 Å². The Morgan fingerprint density at radius 3 is 2.82 bits per heavy atom. The summed E-state index contributed by atoms with van der Waals surface area (Å²) in [4.78, 5) is 30.4. The van der Waals surface area contributed by atoms with Gasteiger partial charge in [0.15, 0.2) is 0 Å². The van der Waals surface area contributed by atoms with Crippen LogP contribution in [-0.2, 0) is 17.9 Å². The molecule has 9 heteroatoms. The van der Waals surface area contributed by atoms with E-state index in [1.165, 1.54) is 12.3 Å². The molecule has 0 aliphatic carbocycles. The van der Waals surface area contributed by atoms with Gasteiger partial charge >= 0.3 is 6.09 Å². The maximum Gasteiger partial charge on any atom is 0.407 e. The molecule has 3 atom stereocenters. The highest BCUT2D eigenvalue weighted by Gasteiger charge is 2.35. The Bertz CT molecular complexity index is 1240. The number of pyridine rings is 2. The third-order valence-electron chi connectivity index (χ3n) is 6.42. The number of nitrogens with one attached hydrogen (secondary N) is 1. The lowest BCUT2D eigenvalue weighted by Crippen LogP contribution is -2.53. The van der Waals surface area contributed by atoms with Crippen LogP contribution in [0.1, 0.15) is 24.9 Å². The fraction of sp³-hybridized carbons (Fsp3) is 0.375. The molecule has 0 spiro atoms. The highest BCUT2D eigenvalue weighted by molar-refractivity contribution is 5.80. The molecule has 1 amide bonds. The number of piperidine rings is 1. The Morgan fingerprint density at radius 2 is 2.03 bits per heavy atom. The number of carbonyl (C=O) groups excluding carboxylic acids is 1. The number of ether oxygens (including phenoxy) is 1. The number of hydrogen-bond acceptors (Lipinski definition) is 5. The molecule has 2 aliphatic rings. The topological polar surface area (TPSA) is 76.5 Å². The maximum absolute atomic E-state index is 14.9. The molecule has 1 fully saturated rings. The third-order valence-corrected chi connectivity index (χ3v) is 6.42. The number of amides is 1. The fourth-order valence-electron chi connectivity index (χ4n) is 4.82. The number of likely N-dealkylation sites (tertiary alicyclic amines) is 1. The van der Waals surface area contributed by atoms with Gasteiger partial charge in [0.05, 0.1) is 23.3 Å². The van der Waals surface area contributed by atoms with Crippen molar-refractivity contribution < 1.29 is 19.7 Å². The summed E-state index contributed by atoms with van der Waals surface area (Å²) in [6.45, 7) is 1.54. The molecule has 1 aromatic carbocycles. The number of aromatic nitrogens is 2. The van der Waals surface area contributed by atoms with Crippen molar-refractivity contribution in [1.82, 2.24) is 19.8 Å². The van der Waals surface area contributed by atoms with Crippen molar-refractivity contribution in [1.29, 1.82) is 0 Å². The number of alkyl halides is 1. The zero-order valence-corrected chi connectivity index (χ0v) is 17.9. The first-order chi connectivity index (χ1) is 16.0. The summed E-state index contributed by atoms with van der Waals surface area (Å²) < 4.78 is 36.3. The molecular weight excluding hydrogens is 430 g/mol. The molecule has 1 N–H and O–H groups in total. The number of hydrogen-bond donors (Lipinski definition) is 1. The first kappa shape index (κ1) is 21.5. The first-order valence-corrected chi connectivity index (χ1v) is 11.0. The molecule has 4 heterocycles. The largest absolute Gasteiger partial charge is 0.445 e. The minimum Gasteiger partial charge on any atom is -0.445 e. The lowest BCUT2D eigenvalue weighted by Gasteiger charge is -2.36. The highest BCUT2D eigenvalue weighted by Crippen LogP contribution is 2.34. The number of benzene rings is 1. The molecule has 5 rings (SSSR count). The zero-order chi connectivity index (χ0) is 22.9. The van der Waals surface area contributed by atoms with Crippen molar-refractivity contribution in [3.05, 3.63) is 76.0 Å². The molecule has 0 saturated carbocycles. The van der Waals surface area contributed by atoms with Crippen LogP contribution < -0.4 is 10.9 Å². The van der Waals surface area contributed by atoms with Gasteiger partial charge in [-0.25, -0.2) is 13.6 Å². The van der Waals surface area contributed by atoms with Crippen LogP contribution in [0.5, 0.6) is 0 Å². The third kappa shape index (κ3) is 4.32. The second-order valence-corrected chi connectivity index (χ2v) is 8.61. The first-order valence-electron chi connectivity index (χ1n) is 11.0. The van der Waals surface area contributed by atoms with Gasteiger partial charge in [-0.05, 0) is 18.1 Å². The van der Waals surface area contributed by atoms with Crippen LogP contribution in [0.4, 0.5) is 13.6 Å². The van der Waals surface area contributed by atoms with Gasteiger partial charge in [-0.2, -0.15) is 0 Å². The van der Waals surface area contributed by atoms with E-state index in [4.69, 9.17) is 4.74 Å². The van der Waals surface area contributed by atoms with E-state index in [9.17, 15) is 18.4 Å². The summed E-state index contributed by atoms with van der Waals surface area (Å²) >= 11 is 0. The molecule has 2 aromatic heterocycles.